The number of piperazine rings is 1. The molecule has 0 spiro atoms. The van der Waals surface area contributed by atoms with Crippen LogP contribution in [0.2, 0.25) is 0 Å². The van der Waals surface area contributed by atoms with Gasteiger partial charge < -0.3 is 20.1 Å². The predicted molar refractivity (Wildman–Crippen MR) is 82.6 cm³/mol. The van der Waals surface area contributed by atoms with Gasteiger partial charge in [0.05, 0.1) is 11.9 Å². The minimum atomic E-state index is -0.0587. The van der Waals surface area contributed by atoms with Gasteiger partial charge in [-0.2, -0.15) is 0 Å². The van der Waals surface area contributed by atoms with Gasteiger partial charge in [0, 0.05) is 45.6 Å². The van der Waals surface area contributed by atoms with Crippen LogP contribution in [-0.2, 0) is 7.05 Å². The highest BCUT2D eigenvalue weighted by atomic mass is 16.1. The Labute approximate surface area is 122 Å². The van der Waals surface area contributed by atoms with E-state index in [1.54, 1.807) is 30.2 Å². The van der Waals surface area contributed by atoms with E-state index in [0.29, 0.717) is 11.5 Å². The first-order valence-electron chi connectivity index (χ1n) is 6.88. The van der Waals surface area contributed by atoms with Gasteiger partial charge in [0.25, 0.3) is 5.56 Å². The lowest BCUT2D eigenvalue weighted by molar-refractivity contribution is 0.634. The maximum atomic E-state index is 12.1. The molecule has 1 saturated heterocycles. The van der Waals surface area contributed by atoms with Crippen molar-refractivity contribution in [1.82, 2.24) is 14.5 Å². The zero-order chi connectivity index (χ0) is 14.8. The lowest BCUT2D eigenvalue weighted by Gasteiger charge is -2.35. The predicted octanol–water partition coefficient (Wildman–Crippen LogP) is 0.0841. The maximum Gasteiger partial charge on any atom is 0.293 e. The zero-order valence-corrected chi connectivity index (χ0v) is 11.9. The first-order valence-corrected chi connectivity index (χ1v) is 6.88. The summed E-state index contributed by atoms with van der Waals surface area (Å²) in [7, 11) is 1.74. The quantitative estimate of drug-likeness (QED) is 0.842. The molecule has 3 heterocycles. The van der Waals surface area contributed by atoms with E-state index < -0.39 is 0 Å². The van der Waals surface area contributed by atoms with Crippen molar-refractivity contribution in [1.29, 1.82) is 0 Å². The smallest absolute Gasteiger partial charge is 0.293 e. The van der Waals surface area contributed by atoms with Crippen LogP contribution in [0.5, 0.6) is 0 Å². The number of anilines is 3. The number of aryl methyl sites for hydroxylation is 1. The standard InChI is InChI=1S/C14H18N6O/c1-18-5-4-16-13(14(18)21)20-8-6-19(7-9-20)12-3-2-11(15)10-17-12/h2-5,10H,6-9,15H2,1H3. The number of aromatic nitrogens is 3. The van der Waals surface area contributed by atoms with Gasteiger partial charge in [0.2, 0.25) is 0 Å². The number of hydrogen-bond donors (Lipinski definition) is 1. The highest BCUT2D eigenvalue weighted by molar-refractivity contribution is 5.48. The van der Waals surface area contributed by atoms with E-state index >= 15 is 0 Å². The van der Waals surface area contributed by atoms with Crippen molar-refractivity contribution in [3.05, 3.63) is 41.1 Å². The molecule has 0 aliphatic carbocycles. The zero-order valence-electron chi connectivity index (χ0n) is 11.9. The summed E-state index contributed by atoms with van der Waals surface area (Å²) in [6, 6.07) is 3.77. The van der Waals surface area contributed by atoms with Gasteiger partial charge in [-0.25, -0.2) is 9.97 Å². The molecule has 0 unspecified atom stereocenters. The number of nitrogen functional groups attached to an aromatic ring is 1. The SMILES string of the molecule is Cn1ccnc(N2CCN(c3ccc(N)cn3)CC2)c1=O. The first kappa shape index (κ1) is 13.4. The van der Waals surface area contributed by atoms with E-state index in [9.17, 15) is 4.79 Å². The van der Waals surface area contributed by atoms with Crippen LogP contribution < -0.4 is 21.1 Å². The first-order chi connectivity index (χ1) is 10.1. The molecule has 0 amide bonds. The number of hydrogen-bond acceptors (Lipinski definition) is 6. The fourth-order valence-corrected chi connectivity index (χ4v) is 2.43. The lowest BCUT2D eigenvalue weighted by Crippen LogP contribution is -2.49. The largest absolute Gasteiger partial charge is 0.397 e. The molecule has 7 heteroatoms. The Hall–Kier alpha value is -2.57. The summed E-state index contributed by atoms with van der Waals surface area (Å²) in [6.45, 7) is 3.10. The van der Waals surface area contributed by atoms with Crippen molar-refractivity contribution in [2.75, 3.05) is 41.7 Å². The van der Waals surface area contributed by atoms with Crippen LogP contribution in [0.1, 0.15) is 0 Å². The van der Waals surface area contributed by atoms with Crippen LogP contribution in [-0.4, -0.2) is 40.7 Å². The molecule has 2 aromatic heterocycles. The van der Waals surface area contributed by atoms with Crippen molar-refractivity contribution < 1.29 is 0 Å². The molecule has 21 heavy (non-hydrogen) atoms. The molecular weight excluding hydrogens is 268 g/mol. The molecule has 1 aliphatic rings. The van der Waals surface area contributed by atoms with Gasteiger partial charge in [-0.05, 0) is 12.1 Å². The summed E-state index contributed by atoms with van der Waals surface area (Å²) >= 11 is 0. The molecule has 0 saturated carbocycles. The molecule has 2 aromatic rings. The average Bonchev–Trinajstić information content (AvgIpc) is 2.51. The Morgan fingerprint density at radius 3 is 2.48 bits per heavy atom. The van der Waals surface area contributed by atoms with Crippen molar-refractivity contribution >= 4 is 17.3 Å². The van der Waals surface area contributed by atoms with Crippen LogP contribution in [0.3, 0.4) is 0 Å². The minimum absolute atomic E-state index is 0.0587. The number of rotatable bonds is 2. The van der Waals surface area contributed by atoms with Crippen LogP contribution >= 0.6 is 0 Å². The molecule has 1 fully saturated rings. The topological polar surface area (TPSA) is 80.3 Å². The molecule has 1 aliphatic heterocycles. The van der Waals surface area contributed by atoms with Crippen molar-refractivity contribution in [3.8, 4) is 0 Å². The van der Waals surface area contributed by atoms with E-state index in [2.05, 4.69) is 14.9 Å². The van der Waals surface area contributed by atoms with Gasteiger partial charge in [0.15, 0.2) is 5.82 Å². The van der Waals surface area contributed by atoms with Crippen LogP contribution in [0.4, 0.5) is 17.3 Å². The van der Waals surface area contributed by atoms with Gasteiger partial charge in [0.1, 0.15) is 5.82 Å². The molecule has 0 bridgehead atoms. The Morgan fingerprint density at radius 2 is 1.81 bits per heavy atom. The summed E-state index contributed by atoms with van der Waals surface area (Å²) < 4.78 is 1.55. The molecule has 0 atom stereocenters. The monoisotopic (exact) mass is 286 g/mol. The molecular formula is C14H18N6O. The third-order valence-corrected chi connectivity index (χ3v) is 3.67. The normalized spacial score (nSPS) is 15.3. The van der Waals surface area contributed by atoms with Crippen LogP contribution in [0, 0.1) is 0 Å². The second kappa shape index (κ2) is 5.43. The van der Waals surface area contributed by atoms with E-state index in [4.69, 9.17) is 5.73 Å². The third kappa shape index (κ3) is 2.67. The second-order valence-corrected chi connectivity index (χ2v) is 5.09. The Balaban J connectivity index is 1.72. The van der Waals surface area contributed by atoms with Gasteiger partial charge in [-0.15, -0.1) is 0 Å². The molecule has 2 N–H and O–H groups in total. The number of nitrogens with zero attached hydrogens (tertiary/aromatic N) is 5. The average molecular weight is 286 g/mol. The summed E-state index contributed by atoms with van der Waals surface area (Å²) in [5, 5.41) is 0. The minimum Gasteiger partial charge on any atom is -0.397 e. The molecule has 0 radical (unpaired) electrons. The van der Waals surface area contributed by atoms with E-state index in [1.165, 1.54) is 0 Å². The third-order valence-electron chi connectivity index (χ3n) is 3.67. The van der Waals surface area contributed by atoms with E-state index in [0.717, 1.165) is 32.0 Å². The van der Waals surface area contributed by atoms with Crippen molar-refractivity contribution in [2.45, 2.75) is 0 Å². The summed E-state index contributed by atoms with van der Waals surface area (Å²) in [5.74, 6) is 1.43. The highest BCUT2D eigenvalue weighted by Crippen LogP contribution is 2.16. The van der Waals surface area contributed by atoms with E-state index in [-0.39, 0.29) is 5.56 Å². The Bertz CT molecular complexity index is 673. The maximum absolute atomic E-state index is 12.1. The highest BCUT2D eigenvalue weighted by Gasteiger charge is 2.21. The summed E-state index contributed by atoms with van der Waals surface area (Å²) in [5.41, 5.74) is 6.25. The number of nitrogens with two attached hydrogens (primary N) is 1. The van der Waals surface area contributed by atoms with Crippen LogP contribution in [0.15, 0.2) is 35.5 Å². The molecule has 7 nitrogen and oxygen atoms in total. The number of pyridine rings is 1. The second-order valence-electron chi connectivity index (χ2n) is 5.09. The fourth-order valence-electron chi connectivity index (χ4n) is 2.43. The van der Waals surface area contributed by atoms with E-state index in [1.807, 2.05) is 17.0 Å². The van der Waals surface area contributed by atoms with Gasteiger partial charge in [-0.1, -0.05) is 0 Å². The van der Waals surface area contributed by atoms with Crippen molar-refractivity contribution in [3.63, 3.8) is 0 Å². The summed E-state index contributed by atoms with van der Waals surface area (Å²) in [6.07, 6.45) is 4.99. The molecule has 110 valence electrons. The Morgan fingerprint density at radius 1 is 1.10 bits per heavy atom. The van der Waals surface area contributed by atoms with Crippen molar-refractivity contribution in [2.24, 2.45) is 7.05 Å². The molecule has 3 rings (SSSR count). The molecule has 0 aromatic carbocycles. The summed E-state index contributed by atoms with van der Waals surface area (Å²) in [4.78, 5) is 24.8. The lowest BCUT2D eigenvalue weighted by atomic mass is 10.3. The van der Waals surface area contributed by atoms with Gasteiger partial charge in [-0.3, -0.25) is 4.79 Å². The van der Waals surface area contributed by atoms with Gasteiger partial charge >= 0.3 is 0 Å². The Kier molecular flexibility index (Phi) is 3.47. The fraction of sp³-hybridized carbons (Fsp3) is 0.357. The van der Waals surface area contributed by atoms with Crippen LogP contribution in [0.25, 0.3) is 0 Å².